The maximum Gasteiger partial charge on any atom is 0.309 e. The standard InChI is InChI=1S/C30H44N2O5/c1-6-12-23(19-27(34)32-17-11-16-25(32)20-33)28(35)31-26(30(3,4)5)21-37-29(36)24(13-7-2)18-22-14-9-8-10-15-22/h6-10,14-15,23-26,33H,1-2,11-13,16-21H2,3-5H3,(H,31,35)/t23-,24-,25+,26-/m1/s1. The van der Waals surface area contributed by atoms with Crippen LogP contribution in [0.15, 0.2) is 55.6 Å². The molecule has 1 aromatic carbocycles. The fourth-order valence-corrected chi connectivity index (χ4v) is 4.61. The van der Waals surface area contributed by atoms with Crippen LogP contribution in [0.4, 0.5) is 0 Å². The third-order valence-corrected chi connectivity index (χ3v) is 7.01. The normalized spacial score (nSPS) is 17.9. The highest BCUT2D eigenvalue weighted by Gasteiger charge is 2.34. The molecule has 4 atom stereocenters. The summed E-state index contributed by atoms with van der Waals surface area (Å²) in [7, 11) is 0. The number of hydrogen-bond acceptors (Lipinski definition) is 5. The summed E-state index contributed by atoms with van der Waals surface area (Å²) in [5, 5.41) is 12.6. The van der Waals surface area contributed by atoms with Crippen molar-refractivity contribution in [3.05, 3.63) is 61.2 Å². The maximum absolute atomic E-state index is 13.3. The minimum Gasteiger partial charge on any atom is -0.463 e. The Morgan fingerprint density at radius 2 is 1.78 bits per heavy atom. The molecule has 204 valence electrons. The topological polar surface area (TPSA) is 95.9 Å². The van der Waals surface area contributed by atoms with Gasteiger partial charge < -0.3 is 20.1 Å². The third-order valence-electron chi connectivity index (χ3n) is 7.01. The van der Waals surface area contributed by atoms with Crippen LogP contribution >= 0.6 is 0 Å². The number of allylic oxidation sites excluding steroid dienone is 2. The van der Waals surface area contributed by atoms with Crippen LogP contribution in [0.25, 0.3) is 0 Å². The first kappa shape index (κ1) is 30.3. The summed E-state index contributed by atoms with van der Waals surface area (Å²) in [4.78, 5) is 40.8. The molecule has 1 heterocycles. The van der Waals surface area contributed by atoms with Gasteiger partial charge in [0.05, 0.1) is 30.5 Å². The first-order chi connectivity index (χ1) is 17.6. The molecule has 1 aromatic rings. The molecule has 7 heteroatoms. The number of rotatable bonds is 14. The van der Waals surface area contributed by atoms with Crippen molar-refractivity contribution in [2.45, 2.75) is 71.4 Å². The number of likely N-dealkylation sites (tertiary alicyclic amines) is 1. The van der Waals surface area contributed by atoms with Crippen LogP contribution in [0.3, 0.4) is 0 Å². The van der Waals surface area contributed by atoms with Crippen LogP contribution in [-0.2, 0) is 25.5 Å². The lowest BCUT2D eigenvalue weighted by Gasteiger charge is -2.33. The van der Waals surface area contributed by atoms with Crippen molar-refractivity contribution >= 4 is 17.8 Å². The smallest absolute Gasteiger partial charge is 0.309 e. The van der Waals surface area contributed by atoms with Crippen molar-refractivity contribution in [1.82, 2.24) is 10.2 Å². The van der Waals surface area contributed by atoms with Gasteiger partial charge in [-0.25, -0.2) is 0 Å². The van der Waals surface area contributed by atoms with Gasteiger partial charge in [0.25, 0.3) is 0 Å². The number of carbonyl (C=O) groups is 3. The number of carbonyl (C=O) groups excluding carboxylic acids is 3. The van der Waals surface area contributed by atoms with Gasteiger partial charge in [-0.15, -0.1) is 13.2 Å². The van der Waals surface area contributed by atoms with Gasteiger partial charge in [0.1, 0.15) is 6.61 Å². The van der Waals surface area contributed by atoms with Gasteiger partial charge in [0.15, 0.2) is 0 Å². The van der Waals surface area contributed by atoms with E-state index < -0.39 is 12.0 Å². The molecule has 1 aliphatic rings. The van der Waals surface area contributed by atoms with Crippen molar-refractivity contribution in [2.24, 2.45) is 17.3 Å². The van der Waals surface area contributed by atoms with E-state index >= 15 is 0 Å². The molecule has 2 N–H and O–H groups in total. The average Bonchev–Trinajstić information content (AvgIpc) is 3.35. The summed E-state index contributed by atoms with van der Waals surface area (Å²) >= 11 is 0. The van der Waals surface area contributed by atoms with Crippen LogP contribution < -0.4 is 5.32 Å². The highest BCUT2D eigenvalue weighted by Crippen LogP contribution is 2.24. The Morgan fingerprint density at radius 1 is 1.14 bits per heavy atom. The first-order valence-electron chi connectivity index (χ1n) is 13.2. The summed E-state index contributed by atoms with van der Waals surface area (Å²) in [5.74, 6) is -1.67. The minimum atomic E-state index is -0.586. The average molecular weight is 513 g/mol. The van der Waals surface area contributed by atoms with Gasteiger partial charge in [-0.1, -0.05) is 63.3 Å². The van der Waals surface area contributed by atoms with Gasteiger partial charge in [-0.05, 0) is 43.1 Å². The minimum absolute atomic E-state index is 0.0317. The lowest BCUT2D eigenvalue weighted by atomic mass is 9.86. The molecular weight excluding hydrogens is 468 g/mol. The van der Waals surface area contributed by atoms with E-state index in [1.165, 1.54) is 0 Å². The van der Waals surface area contributed by atoms with Gasteiger partial charge in [0, 0.05) is 13.0 Å². The largest absolute Gasteiger partial charge is 0.463 e. The zero-order valence-corrected chi connectivity index (χ0v) is 22.7. The second kappa shape index (κ2) is 14.7. The van der Waals surface area contributed by atoms with Crippen LogP contribution in [0.1, 0.15) is 58.4 Å². The Balaban J connectivity index is 2.04. The second-order valence-corrected chi connectivity index (χ2v) is 11.0. The Hall–Kier alpha value is -2.93. The van der Waals surface area contributed by atoms with Gasteiger partial charge in [-0.2, -0.15) is 0 Å². The summed E-state index contributed by atoms with van der Waals surface area (Å²) in [5.41, 5.74) is 0.661. The number of ether oxygens (including phenoxy) is 1. The van der Waals surface area contributed by atoms with E-state index in [1.807, 2.05) is 51.1 Å². The SMILES string of the molecule is C=CC[C@H](CC(=O)N1CCC[C@H]1CO)C(=O)N[C@H](COC(=O)[C@H](CC=C)Cc1ccccc1)C(C)(C)C. The number of aliphatic hydroxyl groups excluding tert-OH is 1. The van der Waals surface area contributed by atoms with E-state index in [4.69, 9.17) is 4.74 Å². The van der Waals surface area contributed by atoms with Crippen molar-refractivity contribution < 1.29 is 24.2 Å². The molecule has 1 aliphatic heterocycles. The molecule has 0 unspecified atom stereocenters. The molecule has 0 aromatic heterocycles. The summed E-state index contributed by atoms with van der Waals surface area (Å²) < 4.78 is 5.72. The van der Waals surface area contributed by atoms with E-state index in [0.717, 1.165) is 18.4 Å². The van der Waals surface area contributed by atoms with E-state index in [-0.39, 0.29) is 54.8 Å². The van der Waals surface area contributed by atoms with Crippen molar-refractivity contribution in [3.8, 4) is 0 Å². The molecule has 0 radical (unpaired) electrons. The molecule has 2 rings (SSSR count). The lowest BCUT2D eigenvalue weighted by molar-refractivity contribution is -0.151. The fraction of sp³-hybridized carbons (Fsp3) is 0.567. The molecule has 1 fully saturated rings. The van der Waals surface area contributed by atoms with Crippen molar-refractivity contribution in [2.75, 3.05) is 19.8 Å². The Bertz CT molecular complexity index is 908. The number of esters is 1. The van der Waals surface area contributed by atoms with Crippen LogP contribution in [0, 0.1) is 17.3 Å². The summed E-state index contributed by atoms with van der Waals surface area (Å²) in [6, 6.07) is 9.15. The Kier molecular flexibility index (Phi) is 12.1. The lowest BCUT2D eigenvalue weighted by Crippen LogP contribution is -2.50. The Labute approximate surface area is 222 Å². The predicted molar refractivity (Wildman–Crippen MR) is 146 cm³/mol. The van der Waals surface area contributed by atoms with Gasteiger partial charge in [-0.3, -0.25) is 14.4 Å². The Morgan fingerprint density at radius 3 is 2.38 bits per heavy atom. The van der Waals surface area contributed by atoms with E-state index in [0.29, 0.717) is 25.8 Å². The molecule has 0 bridgehead atoms. The molecule has 0 spiro atoms. The molecule has 7 nitrogen and oxygen atoms in total. The zero-order valence-electron chi connectivity index (χ0n) is 22.7. The van der Waals surface area contributed by atoms with E-state index in [2.05, 4.69) is 18.5 Å². The number of nitrogens with one attached hydrogen (secondary N) is 1. The van der Waals surface area contributed by atoms with E-state index in [1.54, 1.807) is 17.1 Å². The quantitative estimate of drug-likeness (QED) is 0.290. The first-order valence-corrected chi connectivity index (χ1v) is 13.2. The zero-order chi connectivity index (χ0) is 27.4. The monoisotopic (exact) mass is 512 g/mol. The highest BCUT2D eigenvalue weighted by molar-refractivity contribution is 5.86. The summed E-state index contributed by atoms with van der Waals surface area (Å²) in [6.07, 6.45) is 6.42. The van der Waals surface area contributed by atoms with Crippen LogP contribution in [-0.4, -0.2) is 59.6 Å². The fourth-order valence-electron chi connectivity index (χ4n) is 4.61. The molecule has 37 heavy (non-hydrogen) atoms. The molecular formula is C30H44N2O5. The van der Waals surface area contributed by atoms with Crippen LogP contribution in [0.2, 0.25) is 0 Å². The second-order valence-electron chi connectivity index (χ2n) is 11.0. The van der Waals surface area contributed by atoms with E-state index in [9.17, 15) is 19.5 Å². The van der Waals surface area contributed by atoms with Crippen molar-refractivity contribution in [3.63, 3.8) is 0 Å². The molecule has 0 aliphatic carbocycles. The molecule has 0 saturated carbocycles. The number of amides is 2. The van der Waals surface area contributed by atoms with Crippen molar-refractivity contribution in [1.29, 1.82) is 0 Å². The van der Waals surface area contributed by atoms with Gasteiger partial charge in [0.2, 0.25) is 11.8 Å². The molecule has 1 saturated heterocycles. The number of aliphatic hydroxyl groups is 1. The maximum atomic E-state index is 13.3. The highest BCUT2D eigenvalue weighted by atomic mass is 16.5. The third kappa shape index (κ3) is 9.47. The number of benzene rings is 1. The summed E-state index contributed by atoms with van der Waals surface area (Å²) in [6.45, 7) is 14.0. The van der Waals surface area contributed by atoms with Crippen LogP contribution in [0.5, 0.6) is 0 Å². The van der Waals surface area contributed by atoms with Gasteiger partial charge >= 0.3 is 5.97 Å². The molecule has 2 amide bonds. The predicted octanol–water partition coefficient (Wildman–Crippen LogP) is 4.06. The number of hydrogen-bond donors (Lipinski definition) is 2. The number of nitrogens with zero attached hydrogens (tertiary/aromatic N) is 1.